The van der Waals surface area contributed by atoms with Crippen LogP contribution in [0.15, 0.2) is 11.4 Å². The molecule has 2 atom stereocenters. The van der Waals surface area contributed by atoms with E-state index in [4.69, 9.17) is 0 Å². The number of hydrogen-bond acceptors (Lipinski definition) is 3. The van der Waals surface area contributed by atoms with Crippen molar-refractivity contribution in [2.24, 2.45) is 11.8 Å². The smallest absolute Gasteiger partial charge is 0.221 e. The average Bonchev–Trinajstić information content (AvgIpc) is 2.71. The first kappa shape index (κ1) is 14.5. The van der Waals surface area contributed by atoms with Gasteiger partial charge in [0.05, 0.1) is 5.69 Å². The Kier molecular flexibility index (Phi) is 4.99. The standard InChI is InChI=1S/C15H24N2OS/c1-10-6-11(2)8-13(7-10)16-9-15-14(4-5-19-15)17-12(3)18/h4-5,10-11,13,16H,6-9H2,1-3H3,(H,17,18). The van der Waals surface area contributed by atoms with Crippen LogP contribution in [-0.2, 0) is 11.3 Å². The maximum Gasteiger partial charge on any atom is 0.221 e. The van der Waals surface area contributed by atoms with Crippen molar-refractivity contribution in [1.82, 2.24) is 5.32 Å². The summed E-state index contributed by atoms with van der Waals surface area (Å²) in [6.45, 7) is 7.10. The SMILES string of the molecule is CC(=O)Nc1ccsc1CNC1CC(C)CC(C)C1. The molecule has 4 heteroatoms. The van der Waals surface area contributed by atoms with Crippen LogP contribution in [-0.4, -0.2) is 11.9 Å². The maximum absolute atomic E-state index is 11.1. The quantitative estimate of drug-likeness (QED) is 0.884. The van der Waals surface area contributed by atoms with Crippen LogP contribution in [0.3, 0.4) is 0 Å². The van der Waals surface area contributed by atoms with Crippen molar-refractivity contribution < 1.29 is 4.79 Å². The third kappa shape index (κ3) is 4.32. The molecule has 0 bridgehead atoms. The van der Waals surface area contributed by atoms with E-state index in [2.05, 4.69) is 24.5 Å². The second-order valence-corrected chi connectivity index (χ2v) is 6.93. The Balaban J connectivity index is 1.88. The summed E-state index contributed by atoms with van der Waals surface area (Å²) in [6, 6.07) is 2.60. The summed E-state index contributed by atoms with van der Waals surface area (Å²) in [5.41, 5.74) is 0.960. The van der Waals surface area contributed by atoms with Gasteiger partial charge in [0.15, 0.2) is 0 Å². The third-order valence-electron chi connectivity index (χ3n) is 3.79. The molecule has 0 spiro atoms. The van der Waals surface area contributed by atoms with Crippen LogP contribution in [0.1, 0.15) is 44.9 Å². The normalized spacial score (nSPS) is 27.2. The highest BCUT2D eigenvalue weighted by molar-refractivity contribution is 7.10. The molecule has 1 fully saturated rings. The molecule has 1 aromatic rings. The van der Waals surface area contributed by atoms with Crippen molar-refractivity contribution in [3.63, 3.8) is 0 Å². The zero-order valence-electron chi connectivity index (χ0n) is 12.0. The molecule has 1 aliphatic carbocycles. The monoisotopic (exact) mass is 280 g/mol. The summed E-state index contributed by atoms with van der Waals surface area (Å²) in [6.07, 6.45) is 3.89. The van der Waals surface area contributed by atoms with E-state index in [0.29, 0.717) is 6.04 Å². The Labute approximate surface area is 119 Å². The van der Waals surface area contributed by atoms with Gasteiger partial charge in [0, 0.05) is 24.4 Å². The van der Waals surface area contributed by atoms with Gasteiger partial charge < -0.3 is 10.6 Å². The van der Waals surface area contributed by atoms with Gasteiger partial charge in [-0.05, 0) is 42.5 Å². The van der Waals surface area contributed by atoms with Gasteiger partial charge in [-0.2, -0.15) is 0 Å². The van der Waals surface area contributed by atoms with Crippen LogP contribution >= 0.6 is 11.3 Å². The fraction of sp³-hybridized carbons (Fsp3) is 0.667. The van der Waals surface area contributed by atoms with E-state index in [9.17, 15) is 4.79 Å². The molecule has 0 saturated heterocycles. The van der Waals surface area contributed by atoms with E-state index in [1.54, 1.807) is 18.3 Å². The number of rotatable bonds is 4. The highest BCUT2D eigenvalue weighted by Gasteiger charge is 2.23. The molecule has 1 heterocycles. The summed E-state index contributed by atoms with van der Waals surface area (Å²) in [5.74, 6) is 1.64. The van der Waals surface area contributed by atoms with Crippen LogP contribution in [0, 0.1) is 11.8 Å². The Hall–Kier alpha value is -0.870. The van der Waals surface area contributed by atoms with E-state index >= 15 is 0 Å². The van der Waals surface area contributed by atoms with Crippen molar-refractivity contribution in [3.8, 4) is 0 Å². The van der Waals surface area contributed by atoms with Crippen molar-refractivity contribution in [3.05, 3.63) is 16.3 Å². The Morgan fingerprint density at radius 2 is 2.00 bits per heavy atom. The first-order chi connectivity index (χ1) is 9.04. The second-order valence-electron chi connectivity index (χ2n) is 5.93. The minimum Gasteiger partial charge on any atom is -0.325 e. The van der Waals surface area contributed by atoms with Gasteiger partial charge in [0.2, 0.25) is 5.91 Å². The molecule has 2 N–H and O–H groups in total. The number of carbonyl (C=O) groups excluding carboxylic acids is 1. The summed E-state index contributed by atoms with van der Waals surface area (Å²) < 4.78 is 0. The number of thiophene rings is 1. The van der Waals surface area contributed by atoms with Gasteiger partial charge in [-0.3, -0.25) is 4.79 Å². The summed E-state index contributed by atoms with van der Waals surface area (Å²) >= 11 is 1.70. The van der Waals surface area contributed by atoms with E-state index < -0.39 is 0 Å². The van der Waals surface area contributed by atoms with Crippen molar-refractivity contribution in [2.45, 2.75) is 52.6 Å². The van der Waals surface area contributed by atoms with E-state index in [1.165, 1.54) is 24.1 Å². The highest BCUT2D eigenvalue weighted by Crippen LogP contribution is 2.29. The lowest BCUT2D eigenvalue weighted by Crippen LogP contribution is -2.35. The lowest BCUT2D eigenvalue weighted by atomic mass is 9.80. The van der Waals surface area contributed by atoms with Crippen molar-refractivity contribution in [2.75, 3.05) is 5.32 Å². The molecule has 19 heavy (non-hydrogen) atoms. The zero-order chi connectivity index (χ0) is 13.8. The van der Waals surface area contributed by atoms with Crippen LogP contribution in [0.5, 0.6) is 0 Å². The predicted octanol–water partition coefficient (Wildman–Crippen LogP) is 3.62. The lowest BCUT2D eigenvalue weighted by Gasteiger charge is -2.32. The molecule has 0 radical (unpaired) electrons. The largest absolute Gasteiger partial charge is 0.325 e. The molecular weight excluding hydrogens is 256 g/mol. The maximum atomic E-state index is 11.1. The minimum atomic E-state index is -0.000407. The lowest BCUT2D eigenvalue weighted by molar-refractivity contribution is -0.114. The van der Waals surface area contributed by atoms with Crippen molar-refractivity contribution in [1.29, 1.82) is 0 Å². The Morgan fingerprint density at radius 3 is 2.63 bits per heavy atom. The molecule has 1 aromatic heterocycles. The number of amides is 1. The van der Waals surface area contributed by atoms with Gasteiger partial charge in [-0.15, -0.1) is 11.3 Å². The van der Waals surface area contributed by atoms with E-state index in [0.717, 1.165) is 24.1 Å². The molecule has 1 saturated carbocycles. The van der Waals surface area contributed by atoms with E-state index in [-0.39, 0.29) is 5.91 Å². The number of hydrogen-bond donors (Lipinski definition) is 2. The first-order valence-electron chi connectivity index (χ1n) is 7.12. The predicted molar refractivity (Wildman–Crippen MR) is 81.4 cm³/mol. The number of anilines is 1. The third-order valence-corrected chi connectivity index (χ3v) is 4.71. The molecular formula is C15H24N2OS. The summed E-state index contributed by atoms with van der Waals surface area (Å²) in [5, 5.41) is 8.58. The number of nitrogens with one attached hydrogen (secondary N) is 2. The van der Waals surface area contributed by atoms with Gasteiger partial charge >= 0.3 is 0 Å². The van der Waals surface area contributed by atoms with Gasteiger partial charge in [-0.25, -0.2) is 0 Å². The second kappa shape index (κ2) is 6.53. The molecule has 0 aliphatic heterocycles. The van der Waals surface area contributed by atoms with Crippen LogP contribution in [0.25, 0.3) is 0 Å². The molecule has 3 nitrogen and oxygen atoms in total. The zero-order valence-corrected chi connectivity index (χ0v) is 12.8. The fourth-order valence-corrected chi connectivity index (χ4v) is 3.91. The van der Waals surface area contributed by atoms with Crippen LogP contribution in [0.2, 0.25) is 0 Å². The Bertz CT molecular complexity index is 420. The van der Waals surface area contributed by atoms with Gasteiger partial charge in [0.1, 0.15) is 0 Å². The van der Waals surface area contributed by atoms with Crippen LogP contribution < -0.4 is 10.6 Å². The molecule has 2 rings (SSSR count). The summed E-state index contributed by atoms with van der Waals surface area (Å²) in [7, 11) is 0. The topological polar surface area (TPSA) is 41.1 Å². The van der Waals surface area contributed by atoms with Gasteiger partial charge in [-0.1, -0.05) is 13.8 Å². The highest BCUT2D eigenvalue weighted by atomic mass is 32.1. The molecule has 0 aromatic carbocycles. The summed E-state index contributed by atoms with van der Waals surface area (Å²) in [4.78, 5) is 12.4. The molecule has 1 aliphatic rings. The van der Waals surface area contributed by atoms with E-state index in [1.807, 2.05) is 11.4 Å². The molecule has 1 amide bonds. The van der Waals surface area contributed by atoms with Crippen LogP contribution in [0.4, 0.5) is 5.69 Å². The first-order valence-corrected chi connectivity index (χ1v) is 8.00. The van der Waals surface area contributed by atoms with Crippen molar-refractivity contribution >= 4 is 22.9 Å². The molecule has 2 unspecified atom stereocenters. The minimum absolute atomic E-state index is 0.000407. The number of carbonyl (C=O) groups is 1. The Morgan fingerprint density at radius 1 is 1.32 bits per heavy atom. The fourth-order valence-electron chi connectivity index (χ4n) is 3.13. The van der Waals surface area contributed by atoms with Gasteiger partial charge in [0.25, 0.3) is 0 Å². The average molecular weight is 280 g/mol. The molecule has 106 valence electrons.